The number of benzene rings is 2. The number of thiophene rings is 1. The van der Waals surface area contributed by atoms with E-state index in [0.29, 0.717) is 0 Å². The Morgan fingerprint density at radius 3 is 2.00 bits per heavy atom. The van der Waals surface area contributed by atoms with Gasteiger partial charge in [-0.05, 0) is 59.5 Å². The van der Waals surface area contributed by atoms with Gasteiger partial charge in [0.1, 0.15) is 5.75 Å². The fourth-order valence-electron chi connectivity index (χ4n) is 2.77. The van der Waals surface area contributed by atoms with Crippen molar-refractivity contribution in [3.63, 3.8) is 0 Å². The van der Waals surface area contributed by atoms with Crippen molar-refractivity contribution in [3.05, 3.63) is 66.0 Å². The Morgan fingerprint density at radius 1 is 0.720 bits per heavy atom. The molecular weight excluding hydrogens is 328 g/mol. The molecule has 0 aliphatic heterocycles. The van der Waals surface area contributed by atoms with Gasteiger partial charge in [0.2, 0.25) is 0 Å². The molecule has 0 bridgehead atoms. The molecule has 0 unspecified atom stereocenters. The van der Waals surface area contributed by atoms with Crippen LogP contribution in [0.15, 0.2) is 66.0 Å². The minimum Gasteiger partial charge on any atom is -0.494 e. The Kier molecular flexibility index (Phi) is 6.66. The normalized spacial score (nSPS) is 10.8. The van der Waals surface area contributed by atoms with Crippen LogP contribution < -0.4 is 4.74 Å². The molecule has 0 fully saturated rings. The second-order valence-corrected chi connectivity index (χ2v) is 7.01. The largest absolute Gasteiger partial charge is 0.494 e. The van der Waals surface area contributed by atoms with Gasteiger partial charge in [-0.3, -0.25) is 0 Å². The maximum atomic E-state index is 8.75. The number of hydrogen-bond donors (Lipinski definition) is 1. The average molecular weight is 352 g/mol. The molecule has 0 radical (unpaired) electrons. The molecule has 0 amide bonds. The maximum Gasteiger partial charge on any atom is 0.119 e. The standard InChI is InChI=1S/C22H24O2S/c23-15-3-1-2-4-16-24-21-13-11-19(12-14-21)18-7-9-20(10-8-18)22-6-5-17-25-22/h5-14,17,23H,1-4,15-16H2. The van der Waals surface area contributed by atoms with Crippen LogP contribution in [0.5, 0.6) is 5.75 Å². The van der Waals surface area contributed by atoms with Crippen molar-refractivity contribution >= 4 is 11.3 Å². The van der Waals surface area contributed by atoms with Crippen LogP contribution in [0.3, 0.4) is 0 Å². The third kappa shape index (κ3) is 5.18. The number of ether oxygens (including phenoxy) is 1. The summed E-state index contributed by atoms with van der Waals surface area (Å²) in [6.45, 7) is 1.02. The maximum absolute atomic E-state index is 8.75. The van der Waals surface area contributed by atoms with Gasteiger partial charge in [0.25, 0.3) is 0 Å². The Balaban J connectivity index is 1.53. The van der Waals surface area contributed by atoms with E-state index < -0.39 is 0 Å². The third-order valence-electron chi connectivity index (χ3n) is 4.20. The lowest BCUT2D eigenvalue weighted by molar-refractivity contribution is 0.273. The van der Waals surface area contributed by atoms with E-state index in [9.17, 15) is 0 Å². The number of aliphatic hydroxyl groups is 1. The van der Waals surface area contributed by atoms with Crippen LogP contribution >= 0.6 is 11.3 Å². The number of unbranched alkanes of at least 4 members (excludes halogenated alkanes) is 3. The predicted octanol–water partition coefficient (Wildman–Crippen LogP) is 6.01. The van der Waals surface area contributed by atoms with Crippen LogP contribution in [0.1, 0.15) is 25.7 Å². The predicted molar refractivity (Wildman–Crippen MR) is 106 cm³/mol. The van der Waals surface area contributed by atoms with Crippen LogP contribution in [0.2, 0.25) is 0 Å². The Hall–Kier alpha value is -2.10. The zero-order chi connectivity index (χ0) is 17.3. The highest BCUT2D eigenvalue weighted by Gasteiger charge is 2.02. The highest BCUT2D eigenvalue weighted by Crippen LogP contribution is 2.28. The highest BCUT2D eigenvalue weighted by molar-refractivity contribution is 7.13. The van der Waals surface area contributed by atoms with Gasteiger partial charge >= 0.3 is 0 Å². The first-order chi connectivity index (χ1) is 12.4. The van der Waals surface area contributed by atoms with Crippen molar-refractivity contribution in [2.24, 2.45) is 0 Å². The molecule has 0 spiro atoms. The Bertz CT molecular complexity index is 731. The van der Waals surface area contributed by atoms with Crippen LogP contribution in [0, 0.1) is 0 Å². The van der Waals surface area contributed by atoms with E-state index in [1.807, 2.05) is 12.1 Å². The fraction of sp³-hybridized carbons (Fsp3) is 0.273. The summed E-state index contributed by atoms with van der Waals surface area (Å²) < 4.78 is 5.78. The molecule has 0 saturated heterocycles. The molecule has 1 aromatic heterocycles. The van der Waals surface area contributed by atoms with Crippen molar-refractivity contribution in [3.8, 4) is 27.3 Å². The molecule has 0 atom stereocenters. The van der Waals surface area contributed by atoms with Gasteiger partial charge in [0, 0.05) is 11.5 Å². The highest BCUT2D eigenvalue weighted by atomic mass is 32.1. The van der Waals surface area contributed by atoms with Gasteiger partial charge in [0.15, 0.2) is 0 Å². The van der Waals surface area contributed by atoms with Gasteiger partial charge < -0.3 is 9.84 Å². The first-order valence-electron chi connectivity index (χ1n) is 8.85. The van der Waals surface area contributed by atoms with E-state index in [1.165, 1.54) is 21.6 Å². The second-order valence-electron chi connectivity index (χ2n) is 6.07. The summed E-state index contributed by atoms with van der Waals surface area (Å²) >= 11 is 1.76. The van der Waals surface area contributed by atoms with Gasteiger partial charge in [-0.25, -0.2) is 0 Å². The zero-order valence-electron chi connectivity index (χ0n) is 14.4. The van der Waals surface area contributed by atoms with Crippen molar-refractivity contribution in [1.82, 2.24) is 0 Å². The molecule has 1 heterocycles. The monoisotopic (exact) mass is 352 g/mol. The third-order valence-corrected chi connectivity index (χ3v) is 5.12. The average Bonchev–Trinajstić information content (AvgIpc) is 3.20. The van der Waals surface area contributed by atoms with Crippen LogP contribution in [0.4, 0.5) is 0 Å². The molecule has 1 N–H and O–H groups in total. The topological polar surface area (TPSA) is 29.5 Å². The van der Waals surface area contributed by atoms with Gasteiger partial charge in [-0.1, -0.05) is 48.9 Å². The first-order valence-corrected chi connectivity index (χ1v) is 9.73. The fourth-order valence-corrected chi connectivity index (χ4v) is 3.50. The number of rotatable bonds is 9. The van der Waals surface area contributed by atoms with Crippen LogP contribution in [0.25, 0.3) is 21.6 Å². The molecule has 25 heavy (non-hydrogen) atoms. The molecule has 3 aromatic rings. The second kappa shape index (κ2) is 9.40. The van der Waals surface area contributed by atoms with Gasteiger partial charge in [-0.2, -0.15) is 0 Å². The van der Waals surface area contributed by atoms with E-state index in [-0.39, 0.29) is 6.61 Å². The Labute approximate surface area is 153 Å². The summed E-state index contributed by atoms with van der Waals surface area (Å²) in [6.07, 6.45) is 4.10. The van der Waals surface area contributed by atoms with E-state index in [1.54, 1.807) is 11.3 Å². The van der Waals surface area contributed by atoms with E-state index in [4.69, 9.17) is 9.84 Å². The molecule has 0 aliphatic rings. The summed E-state index contributed by atoms with van der Waals surface area (Å²) in [5, 5.41) is 10.9. The Morgan fingerprint density at radius 2 is 1.36 bits per heavy atom. The summed E-state index contributed by atoms with van der Waals surface area (Å²) in [7, 11) is 0. The first kappa shape index (κ1) is 17.7. The number of hydrogen-bond acceptors (Lipinski definition) is 3. The van der Waals surface area contributed by atoms with E-state index in [0.717, 1.165) is 38.0 Å². The van der Waals surface area contributed by atoms with Crippen LogP contribution in [-0.4, -0.2) is 18.3 Å². The van der Waals surface area contributed by atoms with Crippen molar-refractivity contribution in [2.45, 2.75) is 25.7 Å². The summed E-state index contributed by atoms with van der Waals surface area (Å²) in [4.78, 5) is 1.30. The summed E-state index contributed by atoms with van der Waals surface area (Å²) in [5.41, 5.74) is 3.68. The molecule has 3 heteroatoms. The minimum absolute atomic E-state index is 0.288. The molecule has 2 nitrogen and oxygen atoms in total. The minimum atomic E-state index is 0.288. The lowest BCUT2D eigenvalue weighted by atomic mass is 10.0. The van der Waals surface area contributed by atoms with Gasteiger partial charge in [-0.15, -0.1) is 11.3 Å². The SMILES string of the molecule is OCCCCCCOc1ccc(-c2ccc(-c3cccs3)cc2)cc1. The van der Waals surface area contributed by atoms with E-state index in [2.05, 4.69) is 53.9 Å². The molecule has 0 aliphatic carbocycles. The molecule has 2 aromatic carbocycles. The quantitative estimate of drug-likeness (QED) is 0.478. The smallest absolute Gasteiger partial charge is 0.119 e. The van der Waals surface area contributed by atoms with Crippen LogP contribution in [-0.2, 0) is 0 Å². The molecule has 130 valence electrons. The lowest BCUT2D eigenvalue weighted by Gasteiger charge is -2.08. The van der Waals surface area contributed by atoms with Crippen molar-refractivity contribution < 1.29 is 9.84 Å². The zero-order valence-corrected chi connectivity index (χ0v) is 15.2. The van der Waals surface area contributed by atoms with E-state index >= 15 is 0 Å². The summed E-state index contributed by atoms with van der Waals surface area (Å²) in [5.74, 6) is 0.918. The number of aliphatic hydroxyl groups excluding tert-OH is 1. The molecule has 3 rings (SSSR count). The molecular formula is C22H24O2S. The summed E-state index contributed by atoms with van der Waals surface area (Å²) in [6, 6.07) is 21.2. The van der Waals surface area contributed by atoms with Gasteiger partial charge in [0.05, 0.1) is 6.61 Å². The lowest BCUT2D eigenvalue weighted by Crippen LogP contribution is -1.97. The van der Waals surface area contributed by atoms with Crippen molar-refractivity contribution in [1.29, 1.82) is 0 Å². The van der Waals surface area contributed by atoms with Crippen molar-refractivity contribution in [2.75, 3.05) is 13.2 Å². The molecule has 0 saturated carbocycles.